The number of amides is 2. The van der Waals surface area contributed by atoms with Gasteiger partial charge >= 0.3 is 5.97 Å². The molecule has 0 saturated carbocycles. The van der Waals surface area contributed by atoms with Crippen LogP contribution in [0, 0.1) is 5.82 Å². The molecule has 8 heteroatoms. The van der Waals surface area contributed by atoms with Crippen LogP contribution in [0.1, 0.15) is 24.2 Å². The van der Waals surface area contributed by atoms with Crippen LogP contribution in [0.25, 0.3) is 0 Å². The second-order valence-corrected chi connectivity index (χ2v) is 5.72. The van der Waals surface area contributed by atoms with E-state index in [4.69, 9.17) is 15.2 Å². The molecule has 2 atom stereocenters. The van der Waals surface area contributed by atoms with Crippen molar-refractivity contribution >= 4 is 23.5 Å². The molecule has 0 spiro atoms. The predicted molar refractivity (Wildman–Crippen MR) is 95.6 cm³/mol. The lowest BCUT2D eigenvalue weighted by Gasteiger charge is -2.18. The maximum absolute atomic E-state index is 12.9. The molecular formula is C19H19FN2O5. The molecule has 0 aliphatic rings. The number of primary amides is 1. The van der Waals surface area contributed by atoms with Gasteiger partial charge in [0.15, 0.2) is 12.2 Å². The molecule has 0 aliphatic heterocycles. The van der Waals surface area contributed by atoms with Crippen molar-refractivity contribution in [3.05, 3.63) is 59.9 Å². The Morgan fingerprint density at radius 3 is 2.11 bits per heavy atom. The minimum Gasteiger partial charge on any atom is -0.479 e. The number of hydrogen-bond acceptors (Lipinski definition) is 5. The van der Waals surface area contributed by atoms with Crippen LogP contribution < -0.4 is 15.8 Å². The maximum Gasteiger partial charge on any atom is 0.347 e. The molecule has 0 bridgehead atoms. The molecule has 2 amide bonds. The molecule has 0 heterocycles. The van der Waals surface area contributed by atoms with E-state index < -0.39 is 35.8 Å². The first-order valence-corrected chi connectivity index (χ1v) is 8.09. The van der Waals surface area contributed by atoms with Gasteiger partial charge in [0.25, 0.3) is 5.91 Å². The van der Waals surface area contributed by atoms with Gasteiger partial charge in [-0.25, -0.2) is 9.18 Å². The number of carbonyl (C=O) groups excluding carboxylic acids is 3. The van der Waals surface area contributed by atoms with Crippen LogP contribution in [0.2, 0.25) is 0 Å². The number of ether oxygens (including phenoxy) is 2. The van der Waals surface area contributed by atoms with Gasteiger partial charge in [-0.15, -0.1) is 0 Å². The van der Waals surface area contributed by atoms with Crippen molar-refractivity contribution in [1.29, 1.82) is 0 Å². The molecule has 2 rings (SSSR count). The SMILES string of the molecule is C[C@H](Oc1ccc(F)cc1)C(=O)O[C@H](C)C(=O)Nc1ccc(C(N)=O)cc1. The molecule has 0 fully saturated rings. The average Bonchev–Trinajstić information content (AvgIpc) is 2.63. The van der Waals surface area contributed by atoms with Gasteiger partial charge in [-0.1, -0.05) is 0 Å². The first-order chi connectivity index (χ1) is 12.8. The maximum atomic E-state index is 12.9. The Morgan fingerprint density at radius 2 is 1.56 bits per heavy atom. The first kappa shape index (κ1) is 19.9. The van der Waals surface area contributed by atoms with Gasteiger partial charge in [-0.3, -0.25) is 9.59 Å². The van der Waals surface area contributed by atoms with E-state index in [9.17, 15) is 18.8 Å². The van der Waals surface area contributed by atoms with Crippen molar-refractivity contribution in [2.45, 2.75) is 26.1 Å². The summed E-state index contributed by atoms with van der Waals surface area (Å²) < 4.78 is 23.3. The van der Waals surface area contributed by atoms with Crippen LogP contribution in [0.4, 0.5) is 10.1 Å². The van der Waals surface area contributed by atoms with E-state index >= 15 is 0 Å². The molecule has 0 saturated heterocycles. The van der Waals surface area contributed by atoms with Crippen molar-refractivity contribution < 1.29 is 28.2 Å². The van der Waals surface area contributed by atoms with Gasteiger partial charge in [0, 0.05) is 11.3 Å². The molecule has 3 N–H and O–H groups in total. The molecule has 27 heavy (non-hydrogen) atoms. The lowest BCUT2D eigenvalue weighted by molar-refractivity contribution is -0.159. The minimum absolute atomic E-state index is 0.299. The molecule has 2 aromatic rings. The lowest BCUT2D eigenvalue weighted by Crippen LogP contribution is -2.35. The van der Waals surface area contributed by atoms with Crippen LogP contribution in [0.15, 0.2) is 48.5 Å². The van der Waals surface area contributed by atoms with E-state index in [-0.39, 0.29) is 0 Å². The zero-order valence-corrected chi connectivity index (χ0v) is 14.8. The number of rotatable bonds is 7. The highest BCUT2D eigenvalue weighted by Gasteiger charge is 2.23. The molecule has 0 radical (unpaired) electrons. The summed E-state index contributed by atoms with van der Waals surface area (Å²) in [6.45, 7) is 2.87. The second-order valence-electron chi connectivity index (χ2n) is 5.72. The second kappa shape index (κ2) is 8.79. The van der Waals surface area contributed by atoms with Crippen LogP contribution in [0.5, 0.6) is 5.75 Å². The summed E-state index contributed by atoms with van der Waals surface area (Å²) in [5.41, 5.74) is 5.87. The van der Waals surface area contributed by atoms with E-state index in [0.717, 1.165) is 0 Å². The number of nitrogens with one attached hydrogen (secondary N) is 1. The fourth-order valence-corrected chi connectivity index (χ4v) is 2.05. The van der Waals surface area contributed by atoms with Gasteiger partial charge in [0.2, 0.25) is 5.91 Å². The summed E-state index contributed by atoms with van der Waals surface area (Å²) in [5, 5.41) is 2.56. The van der Waals surface area contributed by atoms with Crippen molar-refractivity contribution in [3.8, 4) is 5.75 Å². The van der Waals surface area contributed by atoms with E-state index in [1.807, 2.05) is 0 Å². The zero-order chi connectivity index (χ0) is 20.0. The van der Waals surface area contributed by atoms with Crippen LogP contribution in [-0.2, 0) is 14.3 Å². The summed E-state index contributed by atoms with van der Waals surface area (Å²) >= 11 is 0. The number of halogens is 1. The number of anilines is 1. The van der Waals surface area contributed by atoms with Gasteiger partial charge in [0.05, 0.1) is 0 Å². The fourth-order valence-electron chi connectivity index (χ4n) is 2.05. The number of nitrogens with two attached hydrogens (primary N) is 1. The number of carbonyl (C=O) groups is 3. The molecule has 7 nitrogen and oxygen atoms in total. The largest absolute Gasteiger partial charge is 0.479 e. The highest BCUT2D eigenvalue weighted by Crippen LogP contribution is 2.14. The number of hydrogen-bond donors (Lipinski definition) is 2. The fraction of sp³-hybridized carbons (Fsp3) is 0.211. The van der Waals surface area contributed by atoms with Gasteiger partial charge < -0.3 is 20.5 Å². The molecule has 0 aromatic heterocycles. The third kappa shape index (κ3) is 5.81. The first-order valence-electron chi connectivity index (χ1n) is 8.09. The summed E-state index contributed by atoms with van der Waals surface area (Å²) in [6, 6.07) is 11.1. The summed E-state index contributed by atoms with van der Waals surface area (Å²) in [5.74, 6) is -2.00. The smallest absolute Gasteiger partial charge is 0.347 e. The van der Waals surface area contributed by atoms with Gasteiger partial charge in [-0.2, -0.15) is 0 Å². The van der Waals surface area contributed by atoms with Crippen LogP contribution >= 0.6 is 0 Å². The van der Waals surface area contributed by atoms with Crippen molar-refractivity contribution in [1.82, 2.24) is 0 Å². The molecule has 0 unspecified atom stereocenters. The normalized spacial score (nSPS) is 12.6. The van der Waals surface area contributed by atoms with E-state index in [0.29, 0.717) is 17.0 Å². The third-order valence-electron chi connectivity index (χ3n) is 3.56. The lowest BCUT2D eigenvalue weighted by atomic mass is 10.2. The van der Waals surface area contributed by atoms with Crippen LogP contribution in [0.3, 0.4) is 0 Å². The Morgan fingerprint density at radius 1 is 0.963 bits per heavy atom. The molecular weight excluding hydrogens is 355 g/mol. The van der Waals surface area contributed by atoms with E-state index in [1.165, 1.54) is 62.4 Å². The summed E-state index contributed by atoms with van der Waals surface area (Å²) in [4.78, 5) is 35.2. The monoisotopic (exact) mass is 374 g/mol. The minimum atomic E-state index is -1.08. The van der Waals surface area contributed by atoms with Gasteiger partial charge in [-0.05, 0) is 62.4 Å². The predicted octanol–water partition coefficient (Wildman–Crippen LogP) is 2.26. The Hall–Kier alpha value is -3.42. The highest BCUT2D eigenvalue weighted by molar-refractivity contribution is 5.96. The zero-order valence-electron chi connectivity index (χ0n) is 14.8. The standard InChI is InChI=1S/C19H19FN2O5/c1-11(18(24)22-15-7-3-13(4-8-15)17(21)23)27-19(25)12(2)26-16-9-5-14(20)6-10-16/h3-12H,1-2H3,(H2,21,23)(H,22,24)/t11-,12+/m1/s1. The van der Waals surface area contributed by atoms with Gasteiger partial charge in [0.1, 0.15) is 11.6 Å². The third-order valence-corrected chi connectivity index (χ3v) is 3.56. The van der Waals surface area contributed by atoms with Crippen molar-refractivity contribution in [2.75, 3.05) is 5.32 Å². The average molecular weight is 374 g/mol. The number of esters is 1. The number of benzene rings is 2. The Bertz CT molecular complexity index is 821. The van der Waals surface area contributed by atoms with E-state index in [2.05, 4.69) is 5.32 Å². The quantitative estimate of drug-likeness (QED) is 0.723. The summed E-state index contributed by atoms with van der Waals surface area (Å²) in [6.07, 6.45) is -2.06. The summed E-state index contributed by atoms with van der Waals surface area (Å²) in [7, 11) is 0. The molecule has 142 valence electrons. The molecule has 2 aromatic carbocycles. The Balaban J connectivity index is 1.87. The Labute approximate surface area is 155 Å². The Kier molecular flexibility index (Phi) is 6.48. The molecule has 0 aliphatic carbocycles. The topological polar surface area (TPSA) is 108 Å². The van der Waals surface area contributed by atoms with E-state index in [1.54, 1.807) is 0 Å². The van der Waals surface area contributed by atoms with Crippen LogP contribution in [-0.4, -0.2) is 30.0 Å². The van der Waals surface area contributed by atoms with Crippen molar-refractivity contribution in [3.63, 3.8) is 0 Å². The van der Waals surface area contributed by atoms with Crippen molar-refractivity contribution in [2.24, 2.45) is 5.73 Å². The highest BCUT2D eigenvalue weighted by atomic mass is 19.1.